The molecule has 0 saturated carbocycles. The Hall–Kier alpha value is -1.02. The molecule has 0 rings (SSSR count). The molecule has 112 valence electrons. The zero-order chi connectivity index (χ0) is 14.8. The highest BCUT2D eigenvalue weighted by Gasteiger charge is 2.31. The van der Waals surface area contributed by atoms with Crippen molar-refractivity contribution >= 4 is 12.2 Å². The number of carbonyl (C=O) groups is 2. The lowest BCUT2D eigenvalue weighted by molar-refractivity contribution is -0.131. The summed E-state index contributed by atoms with van der Waals surface area (Å²) in [5, 5.41) is 39.1. The first kappa shape index (κ1) is 18.0. The van der Waals surface area contributed by atoms with Crippen LogP contribution >= 0.6 is 0 Å². The highest BCUT2D eigenvalue weighted by molar-refractivity contribution is 5.79. The Morgan fingerprint density at radius 1 is 1.21 bits per heavy atom. The summed E-state index contributed by atoms with van der Waals surface area (Å²) in [4.78, 5) is 22.3. The number of hydrogen-bond acceptors (Lipinski definition) is 6. The summed E-state index contributed by atoms with van der Waals surface area (Å²) in [7, 11) is 0. The Labute approximate surface area is 112 Å². The second kappa shape index (κ2) is 9.85. The number of nitrogens with one attached hydrogen (secondary N) is 1. The van der Waals surface area contributed by atoms with E-state index in [-0.39, 0.29) is 12.7 Å². The van der Waals surface area contributed by atoms with Crippen LogP contribution in [0, 0.1) is 0 Å². The molecule has 0 aromatic heterocycles. The molecule has 0 aliphatic carbocycles. The molecule has 0 aromatic carbocycles. The summed E-state index contributed by atoms with van der Waals surface area (Å²) in [6, 6.07) is -1.31. The van der Waals surface area contributed by atoms with E-state index in [1.807, 2.05) is 6.92 Å². The van der Waals surface area contributed by atoms with E-state index in [1.54, 1.807) is 0 Å². The number of aldehydes is 1. The van der Waals surface area contributed by atoms with Crippen LogP contribution in [0.1, 0.15) is 32.6 Å². The van der Waals surface area contributed by atoms with Crippen molar-refractivity contribution < 1.29 is 30.0 Å². The summed E-state index contributed by atoms with van der Waals surface area (Å²) in [5.74, 6) is -0.407. The standard InChI is InChI=1S/C12H23NO6/c1-2-3-4-5-10(17)13-8(6-14)11(18)12(19)9(16)7-15/h6,8-9,11-12,15-16,18-19H,2-5,7H2,1H3,(H,13,17)/t8-,9+,11+,12-/m0/s1. The number of carbonyl (C=O) groups excluding carboxylic acids is 2. The summed E-state index contributed by atoms with van der Waals surface area (Å²) in [6.07, 6.45) is -1.94. The minimum Gasteiger partial charge on any atom is -0.394 e. The fourth-order valence-electron chi connectivity index (χ4n) is 1.54. The first-order chi connectivity index (χ1) is 8.97. The van der Waals surface area contributed by atoms with Crippen LogP contribution in [-0.4, -0.2) is 63.6 Å². The average molecular weight is 277 g/mol. The first-order valence-electron chi connectivity index (χ1n) is 6.37. The van der Waals surface area contributed by atoms with Gasteiger partial charge >= 0.3 is 0 Å². The molecule has 0 radical (unpaired) electrons. The van der Waals surface area contributed by atoms with Crippen LogP contribution in [0.2, 0.25) is 0 Å². The van der Waals surface area contributed by atoms with Gasteiger partial charge in [0, 0.05) is 6.42 Å². The van der Waals surface area contributed by atoms with Crippen LogP contribution in [0.5, 0.6) is 0 Å². The van der Waals surface area contributed by atoms with Gasteiger partial charge in [0.25, 0.3) is 0 Å². The van der Waals surface area contributed by atoms with E-state index >= 15 is 0 Å². The summed E-state index contributed by atoms with van der Waals surface area (Å²) in [5.41, 5.74) is 0. The molecular weight excluding hydrogens is 254 g/mol. The minimum absolute atomic E-state index is 0.226. The molecule has 0 heterocycles. The van der Waals surface area contributed by atoms with Gasteiger partial charge in [0.2, 0.25) is 5.91 Å². The SMILES string of the molecule is CCCCCC(=O)N[C@@H](C=O)[C@@H](O)[C@@H](O)[C@H](O)CO. The molecule has 7 nitrogen and oxygen atoms in total. The molecule has 7 heteroatoms. The quantitative estimate of drug-likeness (QED) is 0.240. The number of aliphatic hydroxyl groups is 4. The maximum atomic E-state index is 11.5. The lowest BCUT2D eigenvalue weighted by Crippen LogP contribution is -2.53. The van der Waals surface area contributed by atoms with E-state index in [1.165, 1.54) is 0 Å². The molecule has 0 aliphatic rings. The van der Waals surface area contributed by atoms with Gasteiger partial charge < -0.3 is 30.5 Å². The van der Waals surface area contributed by atoms with Gasteiger partial charge in [0.1, 0.15) is 30.6 Å². The lowest BCUT2D eigenvalue weighted by Gasteiger charge is -2.26. The fourth-order valence-corrected chi connectivity index (χ4v) is 1.54. The monoisotopic (exact) mass is 277 g/mol. The molecule has 5 N–H and O–H groups in total. The van der Waals surface area contributed by atoms with Crippen molar-refractivity contribution in [3.63, 3.8) is 0 Å². The van der Waals surface area contributed by atoms with Gasteiger partial charge in [-0.25, -0.2) is 0 Å². The number of aliphatic hydroxyl groups excluding tert-OH is 4. The van der Waals surface area contributed by atoms with Crippen molar-refractivity contribution in [3.8, 4) is 0 Å². The number of amides is 1. The molecule has 0 spiro atoms. The van der Waals surface area contributed by atoms with Gasteiger partial charge in [-0.15, -0.1) is 0 Å². The van der Waals surface area contributed by atoms with Gasteiger partial charge in [0.15, 0.2) is 0 Å². The molecule has 0 bridgehead atoms. The van der Waals surface area contributed by atoms with Crippen LogP contribution in [-0.2, 0) is 9.59 Å². The Balaban J connectivity index is 4.32. The van der Waals surface area contributed by atoms with Gasteiger partial charge in [-0.3, -0.25) is 4.79 Å². The zero-order valence-electron chi connectivity index (χ0n) is 11.0. The van der Waals surface area contributed by atoms with E-state index in [4.69, 9.17) is 10.2 Å². The third-order valence-corrected chi connectivity index (χ3v) is 2.78. The van der Waals surface area contributed by atoms with Crippen molar-refractivity contribution in [1.82, 2.24) is 5.32 Å². The van der Waals surface area contributed by atoms with Gasteiger partial charge in [-0.2, -0.15) is 0 Å². The third kappa shape index (κ3) is 6.63. The van der Waals surface area contributed by atoms with Crippen molar-refractivity contribution in [2.75, 3.05) is 6.61 Å². The van der Waals surface area contributed by atoms with E-state index in [9.17, 15) is 19.8 Å². The van der Waals surface area contributed by atoms with Gasteiger partial charge in [0.05, 0.1) is 6.61 Å². The predicted molar refractivity (Wildman–Crippen MR) is 67.2 cm³/mol. The van der Waals surface area contributed by atoms with Crippen molar-refractivity contribution in [2.45, 2.75) is 57.0 Å². The molecule has 1 amide bonds. The van der Waals surface area contributed by atoms with E-state index in [0.29, 0.717) is 6.42 Å². The normalized spacial score (nSPS) is 17.3. The highest BCUT2D eigenvalue weighted by atomic mass is 16.4. The fraction of sp³-hybridized carbons (Fsp3) is 0.833. The number of hydrogen-bond donors (Lipinski definition) is 5. The summed E-state index contributed by atoms with van der Waals surface area (Å²) < 4.78 is 0. The van der Waals surface area contributed by atoms with Crippen LogP contribution in [0.25, 0.3) is 0 Å². The second-order valence-electron chi connectivity index (χ2n) is 4.42. The number of unbranched alkanes of at least 4 members (excludes halogenated alkanes) is 2. The third-order valence-electron chi connectivity index (χ3n) is 2.78. The van der Waals surface area contributed by atoms with Gasteiger partial charge in [-0.1, -0.05) is 19.8 Å². The maximum Gasteiger partial charge on any atom is 0.220 e. The maximum absolute atomic E-state index is 11.5. The summed E-state index contributed by atoms with van der Waals surface area (Å²) >= 11 is 0. The van der Waals surface area contributed by atoms with Crippen LogP contribution < -0.4 is 5.32 Å². The van der Waals surface area contributed by atoms with E-state index < -0.39 is 36.9 Å². The molecule has 4 atom stereocenters. The lowest BCUT2D eigenvalue weighted by atomic mass is 10.0. The molecule has 0 saturated heterocycles. The smallest absolute Gasteiger partial charge is 0.220 e. The number of rotatable bonds is 10. The molecule has 0 unspecified atom stereocenters. The summed E-state index contributed by atoms with van der Waals surface area (Å²) in [6.45, 7) is 1.23. The molecule has 0 fully saturated rings. The van der Waals surface area contributed by atoms with Crippen LogP contribution in [0.4, 0.5) is 0 Å². The first-order valence-corrected chi connectivity index (χ1v) is 6.37. The second-order valence-corrected chi connectivity index (χ2v) is 4.42. The molecular formula is C12H23NO6. The van der Waals surface area contributed by atoms with E-state index in [0.717, 1.165) is 12.8 Å². The Bertz CT molecular complexity index is 273. The molecule has 0 aromatic rings. The Morgan fingerprint density at radius 3 is 2.32 bits per heavy atom. The predicted octanol–water partition coefficient (Wildman–Crippen LogP) is -1.67. The topological polar surface area (TPSA) is 127 Å². The zero-order valence-corrected chi connectivity index (χ0v) is 11.0. The highest BCUT2D eigenvalue weighted by Crippen LogP contribution is 2.05. The Kier molecular flexibility index (Phi) is 9.32. The van der Waals surface area contributed by atoms with Gasteiger partial charge in [-0.05, 0) is 6.42 Å². The van der Waals surface area contributed by atoms with Crippen molar-refractivity contribution in [3.05, 3.63) is 0 Å². The minimum atomic E-state index is -1.71. The molecule has 0 aliphatic heterocycles. The van der Waals surface area contributed by atoms with Crippen LogP contribution in [0.3, 0.4) is 0 Å². The Morgan fingerprint density at radius 2 is 1.84 bits per heavy atom. The average Bonchev–Trinajstić information content (AvgIpc) is 2.42. The molecule has 19 heavy (non-hydrogen) atoms. The van der Waals surface area contributed by atoms with Crippen molar-refractivity contribution in [2.24, 2.45) is 0 Å². The van der Waals surface area contributed by atoms with E-state index in [2.05, 4.69) is 5.32 Å². The van der Waals surface area contributed by atoms with Crippen LogP contribution in [0.15, 0.2) is 0 Å². The van der Waals surface area contributed by atoms with Crippen molar-refractivity contribution in [1.29, 1.82) is 0 Å². The largest absolute Gasteiger partial charge is 0.394 e.